The lowest BCUT2D eigenvalue weighted by Gasteiger charge is -2.06. The van der Waals surface area contributed by atoms with E-state index < -0.39 is 0 Å². The number of carbonyl (C=O) groups is 1. The van der Waals surface area contributed by atoms with Gasteiger partial charge in [-0.05, 0) is 60.2 Å². The van der Waals surface area contributed by atoms with E-state index in [1.54, 1.807) is 6.08 Å². The van der Waals surface area contributed by atoms with E-state index in [1.165, 1.54) is 5.56 Å². The third-order valence-corrected chi connectivity index (χ3v) is 3.52. The first kappa shape index (κ1) is 16.0. The van der Waals surface area contributed by atoms with Gasteiger partial charge in [-0.1, -0.05) is 44.2 Å². The zero-order valence-electron chi connectivity index (χ0n) is 13.7. The number of amides is 1. The third-order valence-electron chi connectivity index (χ3n) is 3.52. The van der Waals surface area contributed by atoms with Crippen LogP contribution in [0.3, 0.4) is 0 Å². The van der Waals surface area contributed by atoms with Gasteiger partial charge in [0, 0.05) is 11.8 Å². The van der Waals surface area contributed by atoms with E-state index in [1.807, 2.05) is 44.2 Å². The lowest BCUT2D eigenvalue weighted by atomic mass is 10.0. The summed E-state index contributed by atoms with van der Waals surface area (Å²) in [5.41, 5.74) is 5.45. The van der Waals surface area contributed by atoms with E-state index in [0.29, 0.717) is 5.92 Å². The van der Waals surface area contributed by atoms with Gasteiger partial charge in [0.15, 0.2) is 0 Å². The van der Waals surface area contributed by atoms with E-state index >= 15 is 0 Å². The SMILES string of the molecule is Cc1cc(C)cc(NC(=O)/C=C/c2ccc(C(C)C)cc2)c1. The molecule has 0 spiro atoms. The monoisotopic (exact) mass is 293 g/mol. The van der Waals surface area contributed by atoms with Gasteiger partial charge in [0.1, 0.15) is 0 Å². The van der Waals surface area contributed by atoms with E-state index in [-0.39, 0.29) is 5.91 Å². The number of hydrogen-bond acceptors (Lipinski definition) is 1. The Morgan fingerprint density at radius 2 is 1.59 bits per heavy atom. The molecule has 0 atom stereocenters. The molecule has 22 heavy (non-hydrogen) atoms. The minimum atomic E-state index is -0.113. The van der Waals surface area contributed by atoms with Crippen LogP contribution in [0.25, 0.3) is 6.08 Å². The number of anilines is 1. The smallest absolute Gasteiger partial charge is 0.248 e. The number of nitrogens with one attached hydrogen (secondary N) is 1. The molecular weight excluding hydrogens is 270 g/mol. The molecule has 0 aliphatic rings. The second-order valence-electron chi connectivity index (χ2n) is 6.02. The first-order valence-electron chi connectivity index (χ1n) is 7.61. The van der Waals surface area contributed by atoms with Crippen LogP contribution in [0.4, 0.5) is 5.69 Å². The van der Waals surface area contributed by atoms with Crippen LogP contribution < -0.4 is 5.32 Å². The van der Waals surface area contributed by atoms with Crippen molar-refractivity contribution in [1.29, 1.82) is 0 Å². The predicted molar refractivity (Wildman–Crippen MR) is 94.1 cm³/mol. The molecule has 0 saturated heterocycles. The molecule has 114 valence electrons. The second-order valence-corrected chi connectivity index (χ2v) is 6.02. The molecule has 2 nitrogen and oxygen atoms in total. The molecule has 0 heterocycles. The maximum atomic E-state index is 12.0. The molecule has 0 saturated carbocycles. The van der Waals surface area contributed by atoms with Crippen molar-refractivity contribution in [2.75, 3.05) is 5.32 Å². The van der Waals surface area contributed by atoms with Crippen LogP contribution in [-0.2, 0) is 4.79 Å². The number of benzene rings is 2. The zero-order valence-corrected chi connectivity index (χ0v) is 13.7. The Hall–Kier alpha value is -2.35. The fourth-order valence-corrected chi connectivity index (χ4v) is 2.39. The highest BCUT2D eigenvalue weighted by Gasteiger charge is 2.00. The van der Waals surface area contributed by atoms with Gasteiger partial charge in [0.25, 0.3) is 0 Å². The molecule has 0 aliphatic heterocycles. The summed E-state index contributed by atoms with van der Waals surface area (Å²) in [5, 5.41) is 2.90. The van der Waals surface area contributed by atoms with E-state index in [4.69, 9.17) is 0 Å². The van der Waals surface area contributed by atoms with E-state index in [2.05, 4.69) is 37.4 Å². The normalized spacial score (nSPS) is 11.1. The summed E-state index contributed by atoms with van der Waals surface area (Å²) in [5.74, 6) is 0.406. The molecule has 0 radical (unpaired) electrons. The van der Waals surface area contributed by atoms with Crippen molar-refractivity contribution < 1.29 is 4.79 Å². The van der Waals surface area contributed by atoms with Crippen LogP contribution in [0.1, 0.15) is 42.0 Å². The fraction of sp³-hybridized carbons (Fsp3) is 0.250. The van der Waals surface area contributed by atoms with Crippen LogP contribution in [0.15, 0.2) is 48.5 Å². The van der Waals surface area contributed by atoms with Gasteiger partial charge in [0.2, 0.25) is 5.91 Å². The lowest BCUT2D eigenvalue weighted by Crippen LogP contribution is -2.08. The Kier molecular flexibility index (Phi) is 5.16. The standard InChI is InChI=1S/C20H23NO/c1-14(2)18-8-5-17(6-9-18)7-10-20(22)21-19-12-15(3)11-16(4)13-19/h5-14H,1-4H3,(H,21,22)/b10-7+. The predicted octanol–water partition coefficient (Wildman–Crippen LogP) is 5.08. The Balaban J connectivity index is 2.01. The van der Waals surface area contributed by atoms with Crippen LogP contribution in [0, 0.1) is 13.8 Å². The van der Waals surface area contributed by atoms with Gasteiger partial charge in [-0.3, -0.25) is 4.79 Å². The Morgan fingerprint density at radius 1 is 1.00 bits per heavy atom. The number of carbonyl (C=O) groups excluding carboxylic acids is 1. The maximum absolute atomic E-state index is 12.0. The molecule has 2 aromatic rings. The highest BCUT2D eigenvalue weighted by molar-refractivity contribution is 6.02. The highest BCUT2D eigenvalue weighted by Crippen LogP contribution is 2.16. The maximum Gasteiger partial charge on any atom is 0.248 e. The summed E-state index contributed by atoms with van der Waals surface area (Å²) in [7, 11) is 0. The largest absolute Gasteiger partial charge is 0.322 e. The van der Waals surface area contributed by atoms with Gasteiger partial charge in [-0.15, -0.1) is 0 Å². The van der Waals surface area contributed by atoms with Crippen molar-refractivity contribution >= 4 is 17.7 Å². The Bertz CT molecular complexity index is 661. The molecule has 0 fully saturated rings. The molecule has 2 rings (SSSR count). The molecule has 0 bridgehead atoms. The third kappa shape index (κ3) is 4.59. The van der Waals surface area contributed by atoms with Crippen molar-refractivity contribution in [3.63, 3.8) is 0 Å². The van der Waals surface area contributed by atoms with Crippen molar-refractivity contribution in [1.82, 2.24) is 0 Å². The summed E-state index contributed by atoms with van der Waals surface area (Å²) < 4.78 is 0. The fourth-order valence-electron chi connectivity index (χ4n) is 2.39. The summed E-state index contributed by atoms with van der Waals surface area (Å²) >= 11 is 0. The first-order valence-corrected chi connectivity index (χ1v) is 7.61. The molecule has 1 amide bonds. The molecular formula is C20H23NO. The molecule has 2 aromatic carbocycles. The molecule has 1 N–H and O–H groups in total. The minimum absolute atomic E-state index is 0.113. The van der Waals surface area contributed by atoms with Gasteiger partial charge in [-0.25, -0.2) is 0 Å². The summed E-state index contributed by atoms with van der Waals surface area (Å²) in [6, 6.07) is 14.3. The molecule has 0 aromatic heterocycles. The van der Waals surface area contributed by atoms with Crippen LogP contribution in [-0.4, -0.2) is 5.91 Å². The quantitative estimate of drug-likeness (QED) is 0.783. The van der Waals surface area contributed by atoms with Crippen LogP contribution in [0.5, 0.6) is 0 Å². The highest BCUT2D eigenvalue weighted by atomic mass is 16.1. The van der Waals surface area contributed by atoms with Crippen molar-refractivity contribution in [2.24, 2.45) is 0 Å². The molecule has 2 heteroatoms. The van der Waals surface area contributed by atoms with Gasteiger partial charge < -0.3 is 5.32 Å². The van der Waals surface area contributed by atoms with Crippen molar-refractivity contribution in [3.8, 4) is 0 Å². The lowest BCUT2D eigenvalue weighted by molar-refractivity contribution is -0.111. The van der Waals surface area contributed by atoms with Crippen LogP contribution in [0.2, 0.25) is 0 Å². The topological polar surface area (TPSA) is 29.1 Å². The van der Waals surface area contributed by atoms with Crippen LogP contribution >= 0.6 is 0 Å². The summed E-state index contributed by atoms with van der Waals surface area (Å²) in [6.45, 7) is 8.38. The van der Waals surface area contributed by atoms with Gasteiger partial charge in [0.05, 0.1) is 0 Å². The number of rotatable bonds is 4. The molecule has 0 unspecified atom stereocenters. The average molecular weight is 293 g/mol. The zero-order chi connectivity index (χ0) is 16.1. The Labute approximate surface area is 132 Å². The van der Waals surface area contributed by atoms with E-state index in [0.717, 1.165) is 22.4 Å². The average Bonchev–Trinajstić information content (AvgIpc) is 2.44. The van der Waals surface area contributed by atoms with E-state index in [9.17, 15) is 4.79 Å². The minimum Gasteiger partial charge on any atom is -0.322 e. The Morgan fingerprint density at radius 3 is 2.14 bits per heavy atom. The summed E-state index contributed by atoms with van der Waals surface area (Å²) in [4.78, 5) is 12.0. The summed E-state index contributed by atoms with van der Waals surface area (Å²) in [6.07, 6.45) is 3.41. The van der Waals surface area contributed by atoms with Crippen molar-refractivity contribution in [3.05, 3.63) is 70.8 Å². The molecule has 0 aliphatic carbocycles. The number of aryl methyl sites for hydroxylation is 2. The van der Waals surface area contributed by atoms with Crippen molar-refractivity contribution in [2.45, 2.75) is 33.6 Å². The van der Waals surface area contributed by atoms with Gasteiger partial charge in [-0.2, -0.15) is 0 Å². The van der Waals surface area contributed by atoms with Gasteiger partial charge >= 0.3 is 0 Å². The number of hydrogen-bond donors (Lipinski definition) is 1. The second kappa shape index (κ2) is 7.08. The first-order chi connectivity index (χ1) is 10.4.